The highest BCUT2D eigenvalue weighted by molar-refractivity contribution is 5.94. The summed E-state index contributed by atoms with van der Waals surface area (Å²) in [4.78, 5) is 11.6. The lowest BCUT2D eigenvalue weighted by Crippen LogP contribution is -2.35. The Labute approximate surface area is 87.7 Å². The summed E-state index contributed by atoms with van der Waals surface area (Å²) in [6, 6.07) is 1.76. The lowest BCUT2D eigenvalue weighted by atomic mass is 10.2. The molecule has 0 aliphatic heterocycles. The van der Waals surface area contributed by atoms with Crippen LogP contribution in [0.3, 0.4) is 0 Å². The van der Waals surface area contributed by atoms with Gasteiger partial charge in [0, 0.05) is 13.2 Å². The molecule has 0 saturated heterocycles. The van der Waals surface area contributed by atoms with Gasteiger partial charge in [0.05, 0.1) is 17.8 Å². The van der Waals surface area contributed by atoms with E-state index < -0.39 is 0 Å². The molecule has 1 aromatic heterocycles. The average Bonchev–Trinajstić information content (AvgIpc) is 2.97. The van der Waals surface area contributed by atoms with Gasteiger partial charge in [0.1, 0.15) is 6.04 Å². The minimum absolute atomic E-state index is 0.221. The molecule has 78 valence electrons. The van der Waals surface area contributed by atoms with E-state index in [9.17, 15) is 4.79 Å². The van der Waals surface area contributed by atoms with Gasteiger partial charge in [-0.3, -0.25) is 9.48 Å². The van der Waals surface area contributed by atoms with Crippen molar-refractivity contribution in [3.63, 3.8) is 0 Å². The van der Waals surface area contributed by atoms with Crippen LogP contribution in [-0.2, 0) is 7.05 Å². The zero-order chi connectivity index (χ0) is 10.8. The molecule has 0 spiro atoms. The molecule has 1 unspecified atom stereocenters. The third-order valence-corrected chi connectivity index (χ3v) is 2.49. The van der Waals surface area contributed by atoms with Crippen LogP contribution >= 0.6 is 0 Å². The first-order valence-electron chi connectivity index (χ1n) is 4.90. The van der Waals surface area contributed by atoms with Crippen LogP contribution in [0.15, 0.2) is 12.4 Å². The van der Waals surface area contributed by atoms with Crippen molar-refractivity contribution < 1.29 is 4.79 Å². The molecule has 0 aromatic carbocycles. The van der Waals surface area contributed by atoms with Crippen LogP contribution in [0.2, 0.25) is 0 Å². The molecular formula is C10H12N4O. The molecule has 1 N–H and O–H groups in total. The van der Waals surface area contributed by atoms with Gasteiger partial charge in [-0.15, -0.1) is 0 Å². The Morgan fingerprint density at radius 2 is 2.53 bits per heavy atom. The third kappa shape index (κ3) is 2.15. The SMILES string of the molecule is Cn1cc(C(=O)NC(C#N)C2CC2)cn1. The van der Waals surface area contributed by atoms with Crippen molar-refractivity contribution in [2.24, 2.45) is 13.0 Å². The molecule has 0 bridgehead atoms. The number of amides is 1. The van der Waals surface area contributed by atoms with E-state index in [0.717, 1.165) is 12.8 Å². The monoisotopic (exact) mass is 204 g/mol. The predicted molar refractivity (Wildman–Crippen MR) is 52.8 cm³/mol. The summed E-state index contributed by atoms with van der Waals surface area (Å²) >= 11 is 0. The maximum Gasteiger partial charge on any atom is 0.255 e. The summed E-state index contributed by atoms with van der Waals surface area (Å²) in [6.45, 7) is 0. The van der Waals surface area contributed by atoms with Gasteiger partial charge in [-0.25, -0.2) is 0 Å². The number of hydrogen-bond acceptors (Lipinski definition) is 3. The highest BCUT2D eigenvalue weighted by atomic mass is 16.1. The summed E-state index contributed by atoms with van der Waals surface area (Å²) < 4.78 is 1.56. The van der Waals surface area contributed by atoms with E-state index >= 15 is 0 Å². The normalized spacial score (nSPS) is 16.8. The molecule has 1 aromatic rings. The minimum atomic E-state index is -0.349. The highest BCUT2D eigenvalue weighted by Crippen LogP contribution is 2.32. The van der Waals surface area contributed by atoms with Crippen LogP contribution in [0, 0.1) is 17.2 Å². The van der Waals surface area contributed by atoms with E-state index in [4.69, 9.17) is 5.26 Å². The van der Waals surface area contributed by atoms with Gasteiger partial charge in [0.15, 0.2) is 0 Å². The summed E-state index contributed by atoms with van der Waals surface area (Å²) in [5, 5.41) is 15.5. The predicted octanol–water partition coefficient (Wildman–Crippen LogP) is 0.452. The van der Waals surface area contributed by atoms with Crippen molar-refractivity contribution >= 4 is 5.91 Å². The molecule has 1 saturated carbocycles. The zero-order valence-electron chi connectivity index (χ0n) is 8.47. The number of carbonyl (C=O) groups excluding carboxylic acids is 1. The lowest BCUT2D eigenvalue weighted by molar-refractivity contribution is 0.0942. The Hall–Kier alpha value is -1.83. The summed E-state index contributed by atoms with van der Waals surface area (Å²) in [7, 11) is 1.75. The molecule has 0 radical (unpaired) electrons. The molecule has 1 aliphatic rings. The number of hydrogen-bond donors (Lipinski definition) is 1. The van der Waals surface area contributed by atoms with Crippen LogP contribution in [0.5, 0.6) is 0 Å². The van der Waals surface area contributed by atoms with Gasteiger partial charge in [0.2, 0.25) is 0 Å². The van der Waals surface area contributed by atoms with Gasteiger partial charge >= 0.3 is 0 Å². The van der Waals surface area contributed by atoms with E-state index in [2.05, 4.69) is 16.5 Å². The Morgan fingerprint density at radius 3 is 3.00 bits per heavy atom. The van der Waals surface area contributed by atoms with Crippen molar-refractivity contribution in [3.05, 3.63) is 18.0 Å². The fourth-order valence-corrected chi connectivity index (χ4v) is 1.45. The van der Waals surface area contributed by atoms with Gasteiger partial charge in [0.25, 0.3) is 5.91 Å². The van der Waals surface area contributed by atoms with E-state index in [-0.39, 0.29) is 11.9 Å². The van der Waals surface area contributed by atoms with Crippen molar-refractivity contribution in [2.75, 3.05) is 0 Å². The van der Waals surface area contributed by atoms with Crippen molar-refractivity contribution in [2.45, 2.75) is 18.9 Å². The molecule has 5 nitrogen and oxygen atoms in total. The fourth-order valence-electron chi connectivity index (χ4n) is 1.45. The van der Waals surface area contributed by atoms with Crippen LogP contribution in [-0.4, -0.2) is 21.7 Å². The van der Waals surface area contributed by atoms with Crippen molar-refractivity contribution in [1.29, 1.82) is 5.26 Å². The van der Waals surface area contributed by atoms with Crippen LogP contribution in [0.1, 0.15) is 23.2 Å². The number of nitriles is 1. The van der Waals surface area contributed by atoms with Crippen molar-refractivity contribution in [3.8, 4) is 6.07 Å². The Morgan fingerprint density at radius 1 is 1.80 bits per heavy atom. The van der Waals surface area contributed by atoms with Gasteiger partial charge in [-0.2, -0.15) is 10.4 Å². The second kappa shape index (κ2) is 3.73. The molecule has 5 heteroatoms. The molecule has 1 atom stereocenters. The number of aromatic nitrogens is 2. The molecule has 1 amide bonds. The molecule has 1 heterocycles. The van der Waals surface area contributed by atoms with Gasteiger partial charge < -0.3 is 5.32 Å². The largest absolute Gasteiger partial charge is 0.336 e. The second-order valence-electron chi connectivity index (χ2n) is 3.82. The van der Waals surface area contributed by atoms with Crippen molar-refractivity contribution in [1.82, 2.24) is 15.1 Å². The summed E-state index contributed by atoms with van der Waals surface area (Å²) in [5.74, 6) is 0.122. The van der Waals surface area contributed by atoms with Crippen LogP contribution < -0.4 is 5.32 Å². The topological polar surface area (TPSA) is 70.7 Å². The smallest absolute Gasteiger partial charge is 0.255 e. The molecule has 1 aliphatic carbocycles. The number of nitrogens with zero attached hydrogens (tertiary/aromatic N) is 3. The molecule has 1 fully saturated rings. The van der Waals surface area contributed by atoms with E-state index in [1.165, 1.54) is 6.20 Å². The first-order valence-corrected chi connectivity index (χ1v) is 4.90. The number of carbonyl (C=O) groups is 1. The first kappa shape index (κ1) is 9.71. The van der Waals surface area contributed by atoms with E-state index in [1.807, 2.05) is 0 Å². The molecule has 15 heavy (non-hydrogen) atoms. The standard InChI is InChI=1S/C10H12N4O/c1-14-6-8(5-12-14)10(15)13-9(4-11)7-2-3-7/h5-7,9H,2-3H2,1H3,(H,13,15). The van der Waals surface area contributed by atoms with E-state index in [1.54, 1.807) is 17.9 Å². The minimum Gasteiger partial charge on any atom is -0.336 e. The van der Waals surface area contributed by atoms with Gasteiger partial charge in [-0.1, -0.05) is 0 Å². The number of aryl methyl sites for hydroxylation is 1. The first-order chi connectivity index (χ1) is 7.20. The fraction of sp³-hybridized carbons (Fsp3) is 0.500. The third-order valence-electron chi connectivity index (χ3n) is 2.49. The quantitative estimate of drug-likeness (QED) is 0.777. The summed E-state index contributed by atoms with van der Waals surface area (Å²) in [5.41, 5.74) is 0.499. The average molecular weight is 204 g/mol. The van der Waals surface area contributed by atoms with Gasteiger partial charge in [-0.05, 0) is 18.8 Å². The maximum absolute atomic E-state index is 11.6. The van der Waals surface area contributed by atoms with Crippen LogP contribution in [0.4, 0.5) is 0 Å². The lowest BCUT2D eigenvalue weighted by Gasteiger charge is -2.08. The second-order valence-corrected chi connectivity index (χ2v) is 3.82. The Bertz CT molecular complexity index is 413. The zero-order valence-corrected chi connectivity index (χ0v) is 8.47. The molecule has 2 rings (SSSR count). The highest BCUT2D eigenvalue weighted by Gasteiger charge is 2.32. The van der Waals surface area contributed by atoms with E-state index in [0.29, 0.717) is 11.5 Å². The number of rotatable bonds is 3. The maximum atomic E-state index is 11.6. The van der Waals surface area contributed by atoms with Crippen LogP contribution in [0.25, 0.3) is 0 Å². The molecular weight excluding hydrogens is 192 g/mol. The summed E-state index contributed by atoms with van der Waals surface area (Å²) in [6.07, 6.45) is 5.20. The Kier molecular flexibility index (Phi) is 2.42. The number of nitrogens with one attached hydrogen (secondary N) is 1. The Balaban J connectivity index is 2.00.